The summed E-state index contributed by atoms with van der Waals surface area (Å²) in [5, 5.41) is 13.7. The fourth-order valence-corrected chi connectivity index (χ4v) is 5.67. The van der Waals surface area contributed by atoms with Crippen LogP contribution < -0.4 is 16.4 Å². The van der Waals surface area contributed by atoms with Gasteiger partial charge >= 0.3 is 0 Å². The zero-order valence-electron chi connectivity index (χ0n) is 20.0. The summed E-state index contributed by atoms with van der Waals surface area (Å²) in [5.41, 5.74) is 8.83. The Morgan fingerprint density at radius 3 is 2.80 bits per heavy atom. The van der Waals surface area contributed by atoms with Crippen LogP contribution in [0.4, 0.5) is 11.1 Å². The van der Waals surface area contributed by atoms with Crippen LogP contribution in [0.3, 0.4) is 0 Å². The molecule has 0 spiro atoms. The molecule has 5 rings (SSSR count). The van der Waals surface area contributed by atoms with Crippen molar-refractivity contribution in [3.05, 3.63) is 34.1 Å². The number of thiazole rings is 1. The second-order valence-corrected chi connectivity index (χ2v) is 11.0. The molecule has 1 saturated heterocycles. The first-order valence-electron chi connectivity index (χ1n) is 11.6. The number of rotatable bonds is 5. The van der Waals surface area contributed by atoms with E-state index in [0.717, 1.165) is 41.9 Å². The Morgan fingerprint density at radius 2 is 2.03 bits per heavy atom. The number of H-pyrrole nitrogens is 1. The highest BCUT2D eigenvalue weighted by molar-refractivity contribution is 7.15. The Bertz CT molecular complexity index is 1270. The van der Waals surface area contributed by atoms with Crippen molar-refractivity contribution in [2.45, 2.75) is 51.0 Å². The number of nitrogens with zero attached hydrogens (tertiary/aromatic N) is 5. The summed E-state index contributed by atoms with van der Waals surface area (Å²) in [6.07, 6.45) is 6.17. The molecule has 0 atom stereocenters. The third kappa shape index (κ3) is 4.76. The predicted molar refractivity (Wildman–Crippen MR) is 133 cm³/mol. The fraction of sp³-hybridized carbons (Fsp3) is 0.478. The molecule has 1 aliphatic carbocycles. The maximum Gasteiger partial charge on any atom is 0.278 e. The van der Waals surface area contributed by atoms with Crippen molar-refractivity contribution in [3.63, 3.8) is 0 Å². The smallest absolute Gasteiger partial charge is 0.278 e. The van der Waals surface area contributed by atoms with E-state index in [1.165, 1.54) is 11.3 Å². The molecule has 0 saturated carbocycles. The van der Waals surface area contributed by atoms with Gasteiger partial charge in [0, 0.05) is 28.9 Å². The maximum atomic E-state index is 13.2. The van der Waals surface area contributed by atoms with Gasteiger partial charge in [-0.15, -0.1) is 11.3 Å². The summed E-state index contributed by atoms with van der Waals surface area (Å²) >= 11 is 1.29. The molecule has 2 aliphatic rings. The average Bonchev–Trinajstić information content (AvgIpc) is 3.44. The first kappa shape index (κ1) is 23.4. The number of hydrogen-bond donors (Lipinski definition) is 4. The molecular weight excluding hydrogens is 466 g/mol. The van der Waals surface area contributed by atoms with Gasteiger partial charge in [-0.3, -0.25) is 20.0 Å². The number of nitrogen functional groups attached to an aromatic ring is 1. The monoisotopic (exact) mass is 495 g/mol. The molecule has 0 bridgehead atoms. The van der Waals surface area contributed by atoms with Crippen LogP contribution in [0.1, 0.15) is 53.2 Å². The number of hydrogen-bond acceptors (Lipinski definition) is 9. The molecule has 35 heavy (non-hydrogen) atoms. The molecule has 5 N–H and O–H groups in total. The lowest BCUT2D eigenvalue weighted by molar-refractivity contribution is -0.121. The largest absolute Gasteiger partial charge is 0.368 e. The van der Waals surface area contributed by atoms with E-state index in [-0.39, 0.29) is 35.6 Å². The van der Waals surface area contributed by atoms with Gasteiger partial charge < -0.3 is 16.0 Å². The topological polar surface area (TPSA) is 155 Å². The summed E-state index contributed by atoms with van der Waals surface area (Å²) < 4.78 is 0. The van der Waals surface area contributed by atoms with Crippen molar-refractivity contribution in [1.29, 1.82) is 0 Å². The predicted octanol–water partition coefficient (Wildman–Crippen LogP) is 1.74. The number of likely N-dealkylation sites (tertiary alicyclic amines) is 1. The molecule has 0 aromatic carbocycles. The van der Waals surface area contributed by atoms with Crippen LogP contribution in [0.2, 0.25) is 0 Å². The van der Waals surface area contributed by atoms with E-state index in [2.05, 4.69) is 61.6 Å². The highest BCUT2D eigenvalue weighted by Crippen LogP contribution is 2.42. The molecule has 0 unspecified atom stereocenters. The van der Waals surface area contributed by atoms with Gasteiger partial charge in [0.15, 0.2) is 10.8 Å². The normalized spacial score (nSPS) is 17.5. The third-order valence-corrected chi connectivity index (χ3v) is 7.52. The van der Waals surface area contributed by atoms with E-state index in [1.807, 2.05) is 0 Å². The minimum atomic E-state index is -0.363. The van der Waals surface area contributed by atoms with Gasteiger partial charge in [-0.2, -0.15) is 5.10 Å². The first-order chi connectivity index (χ1) is 16.7. The second kappa shape index (κ2) is 9.00. The highest BCUT2D eigenvalue weighted by Gasteiger charge is 2.38. The van der Waals surface area contributed by atoms with E-state index in [1.54, 1.807) is 12.4 Å². The van der Waals surface area contributed by atoms with Crippen molar-refractivity contribution < 1.29 is 9.59 Å². The first-order valence-corrected chi connectivity index (χ1v) is 12.5. The van der Waals surface area contributed by atoms with E-state index in [4.69, 9.17) is 5.73 Å². The number of nitrogens with two attached hydrogens (primary N) is 1. The SMILES string of the molecule is CN1CCC(NC(=O)Cc2cnc(NC(=O)c3n[nH]c4c3C(C)(C)Cc3cnc(N)nc3-4)s2)CC1. The fourth-order valence-electron chi connectivity index (χ4n) is 4.86. The molecule has 184 valence electrons. The summed E-state index contributed by atoms with van der Waals surface area (Å²) in [5.74, 6) is -0.216. The lowest BCUT2D eigenvalue weighted by Crippen LogP contribution is -2.43. The molecule has 3 aromatic heterocycles. The van der Waals surface area contributed by atoms with E-state index >= 15 is 0 Å². The van der Waals surface area contributed by atoms with Crippen LogP contribution >= 0.6 is 11.3 Å². The average molecular weight is 496 g/mol. The Balaban J connectivity index is 1.27. The molecule has 1 fully saturated rings. The van der Waals surface area contributed by atoms with Gasteiger partial charge in [0.25, 0.3) is 5.91 Å². The lowest BCUT2D eigenvalue weighted by atomic mass is 9.73. The minimum absolute atomic E-state index is 0.0240. The van der Waals surface area contributed by atoms with E-state index < -0.39 is 0 Å². The zero-order valence-corrected chi connectivity index (χ0v) is 20.8. The number of anilines is 2. The lowest BCUT2D eigenvalue weighted by Gasteiger charge is -2.31. The summed E-state index contributed by atoms with van der Waals surface area (Å²) in [4.78, 5) is 41.5. The number of aromatic amines is 1. The third-order valence-electron chi connectivity index (χ3n) is 6.60. The second-order valence-electron chi connectivity index (χ2n) is 9.89. The van der Waals surface area contributed by atoms with Gasteiger partial charge in [-0.1, -0.05) is 13.8 Å². The Morgan fingerprint density at radius 1 is 1.26 bits per heavy atom. The number of nitrogens with one attached hydrogen (secondary N) is 3. The summed E-state index contributed by atoms with van der Waals surface area (Å²) in [6, 6.07) is 0.214. The maximum absolute atomic E-state index is 13.2. The van der Waals surface area contributed by atoms with E-state index in [0.29, 0.717) is 28.6 Å². The van der Waals surface area contributed by atoms with Crippen molar-refractivity contribution >= 4 is 34.2 Å². The van der Waals surface area contributed by atoms with Crippen LogP contribution in [0.25, 0.3) is 11.4 Å². The molecule has 2 amide bonds. The van der Waals surface area contributed by atoms with Gasteiger partial charge in [0.1, 0.15) is 0 Å². The Labute approximate surface area is 206 Å². The van der Waals surface area contributed by atoms with Crippen LogP contribution in [0, 0.1) is 0 Å². The molecule has 12 heteroatoms. The molecule has 4 heterocycles. The number of carbonyl (C=O) groups excluding carboxylic acids is 2. The highest BCUT2D eigenvalue weighted by atomic mass is 32.1. The number of carbonyl (C=O) groups is 2. The van der Waals surface area contributed by atoms with Gasteiger partial charge in [-0.25, -0.2) is 15.0 Å². The number of fused-ring (bicyclic) bond motifs is 3. The Kier molecular flexibility index (Phi) is 6.01. The van der Waals surface area contributed by atoms with Crippen molar-refractivity contribution in [1.82, 2.24) is 35.4 Å². The summed E-state index contributed by atoms with van der Waals surface area (Å²) in [6.45, 7) is 6.09. The van der Waals surface area contributed by atoms with Gasteiger partial charge in [0.05, 0.1) is 17.8 Å². The van der Waals surface area contributed by atoms with Crippen molar-refractivity contribution in [2.75, 3.05) is 31.2 Å². The van der Waals surface area contributed by atoms with Crippen LogP contribution in [0.5, 0.6) is 0 Å². The minimum Gasteiger partial charge on any atom is -0.368 e. The zero-order chi connectivity index (χ0) is 24.7. The number of aromatic nitrogens is 5. The van der Waals surface area contributed by atoms with Crippen LogP contribution in [-0.4, -0.2) is 68.0 Å². The van der Waals surface area contributed by atoms with Gasteiger partial charge in [-0.05, 0) is 50.4 Å². The van der Waals surface area contributed by atoms with Crippen LogP contribution in [0.15, 0.2) is 12.4 Å². The molecule has 1 aliphatic heterocycles. The van der Waals surface area contributed by atoms with Crippen LogP contribution in [-0.2, 0) is 23.1 Å². The summed E-state index contributed by atoms with van der Waals surface area (Å²) in [7, 11) is 2.09. The number of piperidine rings is 1. The van der Waals surface area contributed by atoms with Crippen molar-refractivity contribution in [2.24, 2.45) is 0 Å². The molecule has 11 nitrogen and oxygen atoms in total. The standard InChI is InChI=1S/C23H29N9O2S/c1-23(2)9-12-10-25-21(24)28-17(12)18-16(23)19(31-30-18)20(34)29-22-26-11-14(35-22)8-15(33)27-13-4-6-32(3)7-5-13/h10-11,13H,4-9H2,1-3H3,(H,27,33)(H,30,31)(H2,24,25,28)(H,26,29,34). The Hall–Kier alpha value is -3.38. The van der Waals surface area contributed by atoms with Crippen molar-refractivity contribution in [3.8, 4) is 11.4 Å². The quantitative estimate of drug-likeness (QED) is 0.417. The molecular formula is C23H29N9O2S. The number of amides is 2. The van der Waals surface area contributed by atoms with E-state index in [9.17, 15) is 9.59 Å². The molecule has 3 aromatic rings. The van der Waals surface area contributed by atoms with Gasteiger partial charge in [0.2, 0.25) is 11.9 Å². The molecule has 0 radical (unpaired) electrons.